The van der Waals surface area contributed by atoms with Crippen molar-refractivity contribution in [3.8, 4) is 11.5 Å². The summed E-state index contributed by atoms with van der Waals surface area (Å²) in [4.78, 5) is 0. The summed E-state index contributed by atoms with van der Waals surface area (Å²) in [6, 6.07) is 9.74. The molecule has 0 saturated heterocycles. The Morgan fingerprint density at radius 3 is 2.67 bits per heavy atom. The van der Waals surface area contributed by atoms with E-state index in [2.05, 4.69) is 0 Å². The molecule has 0 bridgehead atoms. The van der Waals surface area contributed by atoms with Gasteiger partial charge in [-0.15, -0.1) is 11.3 Å². The highest BCUT2D eigenvalue weighted by Crippen LogP contribution is 2.40. The highest BCUT2D eigenvalue weighted by atomic mass is 32.1. The Labute approximate surface area is 145 Å². The maximum absolute atomic E-state index is 14.6. The number of benzene rings is 2. The van der Waals surface area contributed by atoms with Crippen LogP contribution < -0.4 is 9.47 Å². The lowest BCUT2D eigenvalue weighted by molar-refractivity contribution is 0.252. The topological polar surface area (TPSA) is 18.5 Å². The van der Waals surface area contributed by atoms with Crippen LogP contribution >= 0.6 is 11.3 Å². The fourth-order valence-electron chi connectivity index (χ4n) is 3.52. The van der Waals surface area contributed by atoms with Gasteiger partial charge >= 0.3 is 0 Å². The molecule has 3 aromatic rings. The average Bonchev–Trinajstić information content (AvgIpc) is 3.23. The molecular formula is C20H21FO2S. The van der Waals surface area contributed by atoms with Crippen LogP contribution in [-0.4, -0.2) is 13.2 Å². The molecule has 1 aromatic heterocycles. The molecule has 0 aliphatic heterocycles. The number of fused-ring (bicyclic) bond motifs is 3. The van der Waals surface area contributed by atoms with E-state index in [9.17, 15) is 4.39 Å². The normalized spacial score (nSPS) is 15.4. The predicted octanol–water partition coefficient (Wildman–Crippen LogP) is 6.16. The van der Waals surface area contributed by atoms with E-state index in [1.807, 2.05) is 31.2 Å². The van der Waals surface area contributed by atoms with Gasteiger partial charge in [-0.3, -0.25) is 0 Å². The van der Waals surface area contributed by atoms with Crippen molar-refractivity contribution >= 4 is 31.5 Å². The summed E-state index contributed by atoms with van der Waals surface area (Å²) in [6.45, 7) is 3.12. The van der Waals surface area contributed by atoms with Crippen LogP contribution in [-0.2, 0) is 0 Å². The number of hydrogen-bond acceptors (Lipinski definition) is 3. The van der Waals surface area contributed by atoms with Crippen LogP contribution in [0.1, 0.15) is 32.6 Å². The molecule has 2 aromatic carbocycles. The van der Waals surface area contributed by atoms with Gasteiger partial charge < -0.3 is 9.47 Å². The number of thiophene rings is 1. The summed E-state index contributed by atoms with van der Waals surface area (Å²) < 4.78 is 27.7. The standard InChI is InChI=1S/C20H21FO2S/c1-2-22-17-10-9-16-15-8-7-14(23-12-13-5-3-4-6-13)11-18(15)24-20(16)19(17)21/h7-11,13H,2-6,12H2,1H3. The molecule has 24 heavy (non-hydrogen) atoms. The first-order chi connectivity index (χ1) is 11.8. The number of rotatable bonds is 5. The van der Waals surface area contributed by atoms with E-state index in [-0.39, 0.29) is 5.82 Å². The lowest BCUT2D eigenvalue weighted by Crippen LogP contribution is -2.07. The molecule has 0 atom stereocenters. The summed E-state index contributed by atoms with van der Waals surface area (Å²) in [7, 11) is 0. The third kappa shape index (κ3) is 2.84. The molecule has 4 heteroatoms. The zero-order valence-corrected chi connectivity index (χ0v) is 14.6. The summed E-state index contributed by atoms with van der Waals surface area (Å²) in [6.07, 6.45) is 5.20. The van der Waals surface area contributed by atoms with Gasteiger partial charge in [-0.1, -0.05) is 12.8 Å². The number of hydrogen-bond donors (Lipinski definition) is 0. The molecule has 1 saturated carbocycles. The first-order valence-electron chi connectivity index (χ1n) is 8.66. The van der Waals surface area contributed by atoms with Crippen LogP contribution in [0.2, 0.25) is 0 Å². The van der Waals surface area contributed by atoms with Crippen LogP contribution in [0.15, 0.2) is 30.3 Å². The molecule has 4 rings (SSSR count). The van der Waals surface area contributed by atoms with Gasteiger partial charge in [-0.25, -0.2) is 4.39 Å². The average molecular weight is 344 g/mol. The van der Waals surface area contributed by atoms with E-state index in [1.165, 1.54) is 37.0 Å². The van der Waals surface area contributed by atoms with Gasteiger partial charge in [0.15, 0.2) is 11.6 Å². The van der Waals surface area contributed by atoms with Crippen molar-refractivity contribution in [3.63, 3.8) is 0 Å². The van der Waals surface area contributed by atoms with Crippen LogP contribution in [0.3, 0.4) is 0 Å². The largest absolute Gasteiger partial charge is 0.493 e. The Bertz CT molecular complexity index is 865. The Kier molecular flexibility index (Phi) is 4.31. The SMILES string of the molecule is CCOc1ccc2c(sc3cc(OCC4CCCC4)ccc32)c1F. The molecule has 0 spiro atoms. The van der Waals surface area contributed by atoms with Crippen LogP contribution in [0.4, 0.5) is 4.39 Å². The molecule has 1 heterocycles. The summed E-state index contributed by atoms with van der Waals surface area (Å²) in [5.41, 5.74) is 0. The molecule has 2 nitrogen and oxygen atoms in total. The van der Waals surface area contributed by atoms with Crippen molar-refractivity contribution in [2.24, 2.45) is 5.92 Å². The molecule has 0 N–H and O–H groups in total. The van der Waals surface area contributed by atoms with E-state index in [0.717, 1.165) is 27.8 Å². The quantitative estimate of drug-likeness (QED) is 0.552. The van der Waals surface area contributed by atoms with Gasteiger partial charge in [-0.2, -0.15) is 0 Å². The fraction of sp³-hybridized carbons (Fsp3) is 0.400. The third-order valence-corrected chi connectivity index (χ3v) is 5.94. The monoisotopic (exact) mass is 344 g/mol. The van der Waals surface area contributed by atoms with Crippen molar-refractivity contribution in [3.05, 3.63) is 36.1 Å². The fourth-order valence-corrected chi connectivity index (χ4v) is 4.68. The number of ether oxygens (including phenoxy) is 2. The zero-order chi connectivity index (χ0) is 16.5. The number of halogens is 1. The van der Waals surface area contributed by atoms with Crippen molar-refractivity contribution in [2.75, 3.05) is 13.2 Å². The van der Waals surface area contributed by atoms with E-state index >= 15 is 0 Å². The molecule has 1 fully saturated rings. The van der Waals surface area contributed by atoms with Gasteiger partial charge in [0, 0.05) is 15.5 Å². The maximum Gasteiger partial charge on any atom is 0.182 e. The molecule has 126 valence electrons. The Morgan fingerprint density at radius 1 is 1.08 bits per heavy atom. The van der Waals surface area contributed by atoms with Crippen LogP contribution in [0, 0.1) is 11.7 Å². The van der Waals surface area contributed by atoms with Crippen molar-refractivity contribution in [2.45, 2.75) is 32.6 Å². The van der Waals surface area contributed by atoms with Crippen LogP contribution in [0.5, 0.6) is 11.5 Å². The molecule has 0 amide bonds. The highest BCUT2D eigenvalue weighted by molar-refractivity contribution is 7.25. The Morgan fingerprint density at radius 2 is 1.88 bits per heavy atom. The minimum atomic E-state index is -0.260. The van der Waals surface area contributed by atoms with Gasteiger partial charge in [0.2, 0.25) is 0 Å². The smallest absolute Gasteiger partial charge is 0.182 e. The minimum Gasteiger partial charge on any atom is -0.493 e. The molecular weight excluding hydrogens is 323 g/mol. The predicted molar refractivity (Wildman–Crippen MR) is 97.9 cm³/mol. The van der Waals surface area contributed by atoms with E-state index < -0.39 is 0 Å². The van der Waals surface area contributed by atoms with Crippen LogP contribution in [0.25, 0.3) is 20.2 Å². The second-order valence-corrected chi connectivity index (χ2v) is 7.46. The van der Waals surface area contributed by atoms with Gasteiger partial charge in [0.25, 0.3) is 0 Å². The Balaban J connectivity index is 1.66. The Hall–Kier alpha value is -1.81. The second-order valence-electron chi connectivity index (χ2n) is 6.41. The summed E-state index contributed by atoms with van der Waals surface area (Å²) >= 11 is 1.47. The first-order valence-corrected chi connectivity index (χ1v) is 9.48. The molecule has 0 unspecified atom stereocenters. The first kappa shape index (κ1) is 15.7. The van der Waals surface area contributed by atoms with E-state index in [4.69, 9.17) is 9.47 Å². The highest BCUT2D eigenvalue weighted by Gasteiger charge is 2.17. The maximum atomic E-state index is 14.6. The van der Waals surface area contributed by atoms with Crippen molar-refractivity contribution < 1.29 is 13.9 Å². The molecule has 1 aliphatic carbocycles. The lowest BCUT2D eigenvalue weighted by atomic mass is 10.1. The van der Waals surface area contributed by atoms with Gasteiger partial charge in [0.05, 0.1) is 17.9 Å². The van der Waals surface area contributed by atoms with E-state index in [0.29, 0.717) is 23.0 Å². The van der Waals surface area contributed by atoms with Crippen molar-refractivity contribution in [1.29, 1.82) is 0 Å². The third-order valence-electron chi connectivity index (χ3n) is 4.78. The van der Waals surface area contributed by atoms with E-state index in [1.54, 1.807) is 6.07 Å². The van der Waals surface area contributed by atoms with Gasteiger partial charge in [-0.05, 0) is 56.0 Å². The van der Waals surface area contributed by atoms with Crippen molar-refractivity contribution in [1.82, 2.24) is 0 Å². The molecule has 0 radical (unpaired) electrons. The minimum absolute atomic E-state index is 0.260. The zero-order valence-electron chi connectivity index (χ0n) is 13.8. The second kappa shape index (κ2) is 6.60. The summed E-state index contributed by atoms with van der Waals surface area (Å²) in [5, 5.41) is 2.02. The molecule has 1 aliphatic rings. The lowest BCUT2D eigenvalue weighted by Gasteiger charge is -2.11. The van der Waals surface area contributed by atoms with Gasteiger partial charge in [0.1, 0.15) is 5.75 Å². The summed E-state index contributed by atoms with van der Waals surface area (Å²) in [5.74, 6) is 1.64.